The van der Waals surface area contributed by atoms with Gasteiger partial charge < -0.3 is 14.2 Å². The van der Waals surface area contributed by atoms with E-state index in [-0.39, 0.29) is 12.5 Å². The molecule has 0 saturated heterocycles. The predicted octanol–water partition coefficient (Wildman–Crippen LogP) is 2.75. The molecule has 0 bridgehead atoms. The molecule has 0 aliphatic rings. The number of hydrogen-bond donors (Lipinski definition) is 0. The lowest BCUT2D eigenvalue weighted by atomic mass is 10.1. The van der Waals surface area contributed by atoms with Gasteiger partial charge in [-0.15, -0.1) is 0 Å². The minimum atomic E-state index is -0.323. The quantitative estimate of drug-likeness (QED) is 0.679. The van der Waals surface area contributed by atoms with E-state index in [4.69, 9.17) is 19.5 Å². The van der Waals surface area contributed by atoms with Crippen LogP contribution in [0.4, 0.5) is 0 Å². The number of nitrogens with zero attached hydrogens (tertiary/aromatic N) is 2. The van der Waals surface area contributed by atoms with E-state index in [9.17, 15) is 4.79 Å². The molecule has 0 radical (unpaired) electrons. The van der Waals surface area contributed by atoms with Gasteiger partial charge in [-0.3, -0.25) is 9.69 Å². The van der Waals surface area contributed by atoms with Crippen molar-refractivity contribution in [3.05, 3.63) is 59.2 Å². The fourth-order valence-corrected chi connectivity index (χ4v) is 2.63. The van der Waals surface area contributed by atoms with Crippen LogP contribution in [0, 0.1) is 11.3 Å². The van der Waals surface area contributed by atoms with Gasteiger partial charge in [-0.2, -0.15) is 5.26 Å². The van der Waals surface area contributed by atoms with Crippen LogP contribution in [0.25, 0.3) is 0 Å². The second-order valence-corrected chi connectivity index (χ2v) is 5.75. The average molecular weight is 354 g/mol. The van der Waals surface area contributed by atoms with Crippen LogP contribution in [0.5, 0.6) is 11.5 Å². The second kappa shape index (κ2) is 9.44. The van der Waals surface area contributed by atoms with Gasteiger partial charge in [-0.05, 0) is 35.4 Å². The lowest BCUT2D eigenvalue weighted by molar-refractivity contribution is -0.142. The fraction of sp³-hybridized carbons (Fsp3) is 0.300. The molecule has 26 heavy (non-hydrogen) atoms. The minimum Gasteiger partial charge on any atom is -0.497 e. The monoisotopic (exact) mass is 354 g/mol. The predicted molar refractivity (Wildman–Crippen MR) is 96.8 cm³/mol. The van der Waals surface area contributed by atoms with E-state index >= 15 is 0 Å². The number of methoxy groups -OCH3 is 3. The van der Waals surface area contributed by atoms with Crippen molar-refractivity contribution < 1.29 is 19.0 Å². The highest BCUT2D eigenvalue weighted by Crippen LogP contribution is 2.24. The van der Waals surface area contributed by atoms with Crippen molar-refractivity contribution in [1.29, 1.82) is 5.26 Å². The highest BCUT2D eigenvalue weighted by Gasteiger charge is 2.14. The number of nitriles is 1. The smallest absolute Gasteiger partial charge is 0.319 e. The molecule has 0 N–H and O–H groups in total. The topological polar surface area (TPSA) is 71.8 Å². The first-order valence-electron chi connectivity index (χ1n) is 8.08. The number of carbonyl (C=O) groups is 1. The van der Waals surface area contributed by atoms with E-state index in [0.717, 1.165) is 11.1 Å². The Kier molecular flexibility index (Phi) is 7.01. The van der Waals surface area contributed by atoms with Gasteiger partial charge in [-0.1, -0.05) is 12.1 Å². The van der Waals surface area contributed by atoms with Crippen LogP contribution in [0.2, 0.25) is 0 Å². The molecule has 0 heterocycles. The molecule has 6 heteroatoms. The largest absolute Gasteiger partial charge is 0.497 e. The van der Waals surface area contributed by atoms with Crippen LogP contribution in [0.3, 0.4) is 0 Å². The first-order valence-corrected chi connectivity index (χ1v) is 8.08. The molecule has 0 spiro atoms. The van der Waals surface area contributed by atoms with Crippen LogP contribution < -0.4 is 9.47 Å². The van der Waals surface area contributed by atoms with Gasteiger partial charge >= 0.3 is 5.97 Å². The fourth-order valence-electron chi connectivity index (χ4n) is 2.63. The summed E-state index contributed by atoms with van der Waals surface area (Å²) in [5, 5.41) is 9.06. The standard InChI is InChI=1S/C20H22N2O4/c1-24-18-8-17(9-19(10-18)25-2)13-22(14-20(23)26-3)12-16-6-4-5-15(7-16)11-21/h4-10H,12-14H2,1-3H3. The molecule has 0 saturated carbocycles. The summed E-state index contributed by atoms with van der Waals surface area (Å²) in [7, 11) is 4.56. The van der Waals surface area contributed by atoms with Gasteiger partial charge in [0, 0.05) is 19.2 Å². The third kappa shape index (κ3) is 5.50. The Balaban J connectivity index is 2.24. The van der Waals surface area contributed by atoms with Gasteiger partial charge in [-0.25, -0.2) is 0 Å². The molecule has 2 aromatic rings. The number of hydrogen-bond acceptors (Lipinski definition) is 6. The van der Waals surface area contributed by atoms with Crippen molar-refractivity contribution in [3.63, 3.8) is 0 Å². The molecule has 0 aliphatic carbocycles. The maximum absolute atomic E-state index is 11.8. The molecule has 136 valence electrons. The third-order valence-corrected chi connectivity index (χ3v) is 3.86. The summed E-state index contributed by atoms with van der Waals surface area (Å²) in [4.78, 5) is 13.7. The van der Waals surface area contributed by atoms with E-state index in [1.54, 1.807) is 26.4 Å². The van der Waals surface area contributed by atoms with E-state index < -0.39 is 0 Å². The Morgan fingerprint density at radius 1 is 1.00 bits per heavy atom. The summed E-state index contributed by atoms with van der Waals surface area (Å²) >= 11 is 0. The Hall–Kier alpha value is -3.04. The van der Waals surface area contributed by atoms with Gasteiger partial charge in [0.25, 0.3) is 0 Å². The summed E-state index contributed by atoms with van der Waals surface area (Å²) in [6.07, 6.45) is 0. The van der Waals surface area contributed by atoms with Crippen molar-refractivity contribution in [2.75, 3.05) is 27.9 Å². The zero-order valence-corrected chi connectivity index (χ0v) is 15.2. The van der Waals surface area contributed by atoms with Crippen LogP contribution in [-0.4, -0.2) is 38.7 Å². The summed E-state index contributed by atoms with van der Waals surface area (Å²) in [5.74, 6) is 1.05. The maximum atomic E-state index is 11.8. The SMILES string of the molecule is COC(=O)CN(Cc1cccc(C#N)c1)Cc1cc(OC)cc(OC)c1. The number of ether oxygens (including phenoxy) is 3. The minimum absolute atomic E-state index is 0.132. The molecule has 0 amide bonds. The number of carbonyl (C=O) groups excluding carboxylic acids is 1. The Morgan fingerprint density at radius 3 is 2.23 bits per heavy atom. The van der Waals surface area contributed by atoms with Crippen molar-refractivity contribution in [1.82, 2.24) is 4.90 Å². The molecule has 2 aromatic carbocycles. The van der Waals surface area contributed by atoms with E-state index in [2.05, 4.69) is 6.07 Å². The molecule has 0 aromatic heterocycles. The zero-order chi connectivity index (χ0) is 18.9. The molecule has 6 nitrogen and oxygen atoms in total. The first kappa shape index (κ1) is 19.3. The molecular formula is C20H22N2O4. The number of benzene rings is 2. The van der Waals surface area contributed by atoms with E-state index in [1.807, 2.05) is 35.2 Å². The summed E-state index contributed by atoms with van der Waals surface area (Å²) in [6.45, 7) is 1.14. The molecule has 2 rings (SSSR count). The second-order valence-electron chi connectivity index (χ2n) is 5.75. The van der Waals surface area contributed by atoms with Crippen molar-refractivity contribution in [3.8, 4) is 17.6 Å². The highest BCUT2D eigenvalue weighted by molar-refractivity contribution is 5.71. The summed E-state index contributed by atoms with van der Waals surface area (Å²) < 4.78 is 15.4. The average Bonchev–Trinajstić information content (AvgIpc) is 2.67. The van der Waals surface area contributed by atoms with E-state index in [0.29, 0.717) is 30.2 Å². The molecule has 0 fully saturated rings. The van der Waals surface area contributed by atoms with Crippen LogP contribution >= 0.6 is 0 Å². The summed E-state index contributed by atoms with van der Waals surface area (Å²) in [6, 6.07) is 15.1. The molecular weight excluding hydrogens is 332 g/mol. The Bertz CT molecular complexity index is 776. The number of rotatable bonds is 8. The van der Waals surface area contributed by atoms with Gasteiger partial charge in [0.05, 0.1) is 39.5 Å². The Labute approximate surface area is 153 Å². The molecule has 0 unspecified atom stereocenters. The van der Waals surface area contributed by atoms with Gasteiger partial charge in [0.1, 0.15) is 11.5 Å². The van der Waals surface area contributed by atoms with E-state index in [1.165, 1.54) is 7.11 Å². The van der Waals surface area contributed by atoms with Gasteiger partial charge in [0.15, 0.2) is 0 Å². The van der Waals surface area contributed by atoms with Crippen molar-refractivity contribution >= 4 is 5.97 Å². The summed E-state index contributed by atoms with van der Waals surface area (Å²) in [5.41, 5.74) is 2.48. The van der Waals surface area contributed by atoms with Crippen molar-refractivity contribution in [2.45, 2.75) is 13.1 Å². The first-order chi connectivity index (χ1) is 12.6. The lowest BCUT2D eigenvalue weighted by Gasteiger charge is -2.22. The third-order valence-electron chi connectivity index (χ3n) is 3.86. The van der Waals surface area contributed by atoms with Crippen molar-refractivity contribution in [2.24, 2.45) is 0 Å². The van der Waals surface area contributed by atoms with Crippen LogP contribution in [-0.2, 0) is 22.6 Å². The number of esters is 1. The lowest BCUT2D eigenvalue weighted by Crippen LogP contribution is -2.29. The highest BCUT2D eigenvalue weighted by atomic mass is 16.5. The molecule has 0 aliphatic heterocycles. The van der Waals surface area contributed by atoms with Crippen LogP contribution in [0.15, 0.2) is 42.5 Å². The van der Waals surface area contributed by atoms with Crippen LogP contribution in [0.1, 0.15) is 16.7 Å². The normalized spacial score (nSPS) is 10.3. The molecule has 0 atom stereocenters. The maximum Gasteiger partial charge on any atom is 0.319 e. The Morgan fingerprint density at radius 2 is 1.65 bits per heavy atom. The zero-order valence-electron chi connectivity index (χ0n) is 15.2. The van der Waals surface area contributed by atoms with Gasteiger partial charge in [0.2, 0.25) is 0 Å².